The number of aryl methyl sites for hydroxylation is 2. The lowest BCUT2D eigenvalue weighted by Gasteiger charge is -2.11. The predicted molar refractivity (Wildman–Crippen MR) is 99.6 cm³/mol. The van der Waals surface area contributed by atoms with Crippen LogP contribution < -0.4 is 10.1 Å². The van der Waals surface area contributed by atoms with Crippen LogP contribution in [0.5, 0.6) is 5.88 Å². The smallest absolute Gasteiger partial charge is 0.272 e. The van der Waals surface area contributed by atoms with Crippen molar-refractivity contribution < 1.29 is 23.1 Å². The minimum absolute atomic E-state index is 0.0557. The number of Topliss-reactive ketones (excluding diaryl/α,β-unsaturated/α-hetero) is 1. The molecule has 8 heteroatoms. The lowest BCUT2D eigenvalue weighted by atomic mass is 10.1. The summed E-state index contributed by atoms with van der Waals surface area (Å²) in [6.07, 6.45) is -0.485. The number of carbonyl (C=O) groups is 2. The molecule has 0 spiro atoms. The van der Waals surface area contributed by atoms with Crippen LogP contribution in [0.25, 0.3) is 0 Å². The van der Waals surface area contributed by atoms with Crippen molar-refractivity contribution in [2.45, 2.75) is 46.6 Å². The van der Waals surface area contributed by atoms with Crippen molar-refractivity contribution in [1.29, 1.82) is 0 Å². The van der Waals surface area contributed by atoms with Gasteiger partial charge in [0.25, 0.3) is 12.3 Å². The third-order valence-electron chi connectivity index (χ3n) is 3.93. The zero-order valence-corrected chi connectivity index (χ0v) is 16.1. The second-order valence-corrected chi connectivity index (χ2v) is 6.41. The molecule has 0 aliphatic heterocycles. The fourth-order valence-corrected chi connectivity index (χ4v) is 2.58. The molecular weight excluding hydrogens is 368 g/mol. The quantitative estimate of drug-likeness (QED) is 0.710. The van der Waals surface area contributed by atoms with Gasteiger partial charge < -0.3 is 10.1 Å². The highest BCUT2D eigenvalue weighted by atomic mass is 19.3. The zero-order valence-electron chi connectivity index (χ0n) is 16.1. The molecule has 0 atom stereocenters. The summed E-state index contributed by atoms with van der Waals surface area (Å²) in [5.41, 5.74) is 2.96. The summed E-state index contributed by atoms with van der Waals surface area (Å²) in [6.45, 7) is 4.75. The molecule has 2 rings (SSSR count). The molecule has 0 fully saturated rings. The molecule has 0 aliphatic rings. The van der Waals surface area contributed by atoms with Gasteiger partial charge in [-0.3, -0.25) is 14.6 Å². The number of halogens is 2. The van der Waals surface area contributed by atoms with E-state index in [9.17, 15) is 18.4 Å². The Hall–Kier alpha value is -2.90. The molecule has 0 radical (unpaired) electrons. The fourth-order valence-electron chi connectivity index (χ4n) is 2.58. The Morgan fingerprint density at radius 3 is 2.61 bits per heavy atom. The molecule has 0 saturated carbocycles. The minimum atomic E-state index is -2.57. The van der Waals surface area contributed by atoms with E-state index in [1.807, 2.05) is 0 Å². The average molecular weight is 391 g/mol. The van der Waals surface area contributed by atoms with Crippen LogP contribution in [0.15, 0.2) is 24.4 Å². The summed E-state index contributed by atoms with van der Waals surface area (Å²) in [7, 11) is 0. The number of ether oxygens (including phenoxy) is 1. The van der Waals surface area contributed by atoms with Gasteiger partial charge in [0.2, 0.25) is 5.88 Å². The molecule has 2 heterocycles. The van der Waals surface area contributed by atoms with Crippen molar-refractivity contribution in [3.8, 4) is 5.88 Å². The van der Waals surface area contributed by atoms with Gasteiger partial charge in [-0.1, -0.05) is 6.92 Å². The van der Waals surface area contributed by atoms with Crippen molar-refractivity contribution in [2.24, 2.45) is 0 Å². The second kappa shape index (κ2) is 9.87. The highest BCUT2D eigenvalue weighted by molar-refractivity contribution is 5.94. The monoisotopic (exact) mass is 391 g/mol. The van der Waals surface area contributed by atoms with E-state index in [0.29, 0.717) is 34.5 Å². The lowest BCUT2D eigenvalue weighted by molar-refractivity contribution is -0.118. The SMILES string of the molecule is CCC(=O)Cc1cc(C(=O)NCc2cnc(OCC(F)F)c(C)c2)cc(C)n1. The Bertz CT molecular complexity index is 857. The van der Waals surface area contributed by atoms with E-state index in [1.54, 1.807) is 39.0 Å². The van der Waals surface area contributed by atoms with Gasteiger partial charge in [-0.15, -0.1) is 0 Å². The van der Waals surface area contributed by atoms with Gasteiger partial charge in [0.05, 0.1) is 0 Å². The Labute approximate surface area is 162 Å². The number of pyridine rings is 2. The summed E-state index contributed by atoms with van der Waals surface area (Å²) in [4.78, 5) is 32.4. The zero-order chi connectivity index (χ0) is 20.7. The molecule has 1 amide bonds. The van der Waals surface area contributed by atoms with Crippen molar-refractivity contribution in [3.63, 3.8) is 0 Å². The molecule has 0 saturated heterocycles. The maximum absolute atomic E-state index is 12.5. The van der Waals surface area contributed by atoms with E-state index in [4.69, 9.17) is 4.74 Å². The van der Waals surface area contributed by atoms with E-state index in [1.165, 1.54) is 6.20 Å². The third-order valence-corrected chi connectivity index (χ3v) is 3.93. The average Bonchev–Trinajstić information content (AvgIpc) is 2.64. The van der Waals surface area contributed by atoms with Gasteiger partial charge in [-0.25, -0.2) is 13.8 Å². The highest BCUT2D eigenvalue weighted by Crippen LogP contribution is 2.16. The van der Waals surface area contributed by atoms with Gasteiger partial charge in [-0.05, 0) is 37.6 Å². The molecule has 2 aromatic heterocycles. The van der Waals surface area contributed by atoms with E-state index in [2.05, 4.69) is 15.3 Å². The first kappa shape index (κ1) is 21.4. The maximum atomic E-state index is 12.5. The Balaban J connectivity index is 2.02. The molecular formula is C20H23F2N3O3. The number of nitrogens with zero attached hydrogens (tertiary/aromatic N) is 2. The molecule has 28 heavy (non-hydrogen) atoms. The number of ketones is 1. The van der Waals surface area contributed by atoms with Gasteiger partial charge in [0.1, 0.15) is 5.78 Å². The topological polar surface area (TPSA) is 81.2 Å². The van der Waals surface area contributed by atoms with Crippen molar-refractivity contribution in [3.05, 3.63) is 52.5 Å². The second-order valence-electron chi connectivity index (χ2n) is 6.41. The van der Waals surface area contributed by atoms with Gasteiger partial charge in [-0.2, -0.15) is 0 Å². The predicted octanol–water partition coefficient (Wildman–Crippen LogP) is 3.19. The Morgan fingerprint density at radius 1 is 1.21 bits per heavy atom. The highest BCUT2D eigenvalue weighted by Gasteiger charge is 2.12. The van der Waals surface area contributed by atoms with Crippen LogP contribution in [-0.4, -0.2) is 34.7 Å². The maximum Gasteiger partial charge on any atom is 0.272 e. The van der Waals surface area contributed by atoms with Crippen molar-refractivity contribution in [1.82, 2.24) is 15.3 Å². The number of carbonyl (C=O) groups excluding carboxylic acids is 2. The van der Waals surface area contributed by atoms with Gasteiger partial charge >= 0.3 is 0 Å². The van der Waals surface area contributed by atoms with Crippen LogP contribution in [0.4, 0.5) is 8.78 Å². The van der Waals surface area contributed by atoms with Crippen LogP contribution in [0.3, 0.4) is 0 Å². The van der Waals surface area contributed by atoms with Crippen LogP contribution in [0.2, 0.25) is 0 Å². The van der Waals surface area contributed by atoms with Crippen LogP contribution in [0.1, 0.15) is 46.2 Å². The number of rotatable bonds is 9. The molecule has 0 bridgehead atoms. The third kappa shape index (κ3) is 6.37. The number of hydrogen-bond donors (Lipinski definition) is 1. The summed E-state index contributed by atoms with van der Waals surface area (Å²) in [6, 6.07) is 4.98. The normalized spacial score (nSPS) is 10.8. The fraction of sp³-hybridized carbons (Fsp3) is 0.400. The number of hydrogen-bond acceptors (Lipinski definition) is 5. The van der Waals surface area contributed by atoms with Gasteiger partial charge in [0.15, 0.2) is 6.61 Å². The van der Waals surface area contributed by atoms with E-state index < -0.39 is 13.0 Å². The Kier molecular flexibility index (Phi) is 7.54. The lowest BCUT2D eigenvalue weighted by Crippen LogP contribution is -2.23. The van der Waals surface area contributed by atoms with Gasteiger partial charge in [0, 0.05) is 48.1 Å². The van der Waals surface area contributed by atoms with E-state index >= 15 is 0 Å². The molecule has 0 unspecified atom stereocenters. The standard InChI is InChI=1S/C20H23F2N3O3/c1-4-17(26)8-16-7-15(6-13(3)25-16)19(27)23-9-14-5-12(2)20(24-10-14)28-11-18(21)22/h5-7,10,18H,4,8-9,11H2,1-3H3,(H,23,27). The van der Waals surface area contributed by atoms with Crippen LogP contribution in [-0.2, 0) is 17.8 Å². The molecule has 150 valence electrons. The molecule has 1 N–H and O–H groups in total. The van der Waals surface area contributed by atoms with E-state index in [0.717, 1.165) is 0 Å². The number of amides is 1. The molecule has 0 aromatic carbocycles. The number of alkyl halides is 2. The number of aromatic nitrogens is 2. The van der Waals surface area contributed by atoms with E-state index in [-0.39, 0.29) is 30.5 Å². The summed E-state index contributed by atoms with van der Waals surface area (Å²) >= 11 is 0. The first-order valence-electron chi connectivity index (χ1n) is 8.92. The Morgan fingerprint density at radius 2 is 1.96 bits per heavy atom. The van der Waals surface area contributed by atoms with Crippen LogP contribution >= 0.6 is 0 Å². The molecule has 2 aromatic rings. The van der Waals surface area contributed by atoms with Crippen LogP contribution in [0, 0.1) is 13.8 Å². The summed E-state index contributed by atoms with van der Waals surface area (Å²) in [5.74, 6) is -0.100. The van der Waals surface area contributed by atoms with Crippen molar-refractivity contribution >= 4 is 11.7 Å². The molecule has 6 nitrogen and oxygen atoms in total. The largest absolute Gasteiger partial charge is 0.471 e. The molecule has 0 aliphatic carbocycles. The first-order chi connectivity index (χ1) is 13.3. The summed E-state index contributed by atoms with van der Waals surface area (Å²) < 4.78 is 29.4. The van der Waals surface area contributed by atoms with Crippen molar-refractivity contribution in [2.75, 3.05) is 6.61 Å². The first-order valence-corrected chi connectivity index (χ1v) is 8.92. The minimum Gasteiger partial charge on any atom is -0.471 e. The summed E-state index contributed by atoms with van der Waals surface area (Å²) in [5, 5.41) is 2.78. The number of nitrogens with one attached hydrogen (secondary N) is 1.